The zero-order valence-electron chi connectivity index (χ0n) is 11.7. The summed E-state index contributed by atoms with van der Waals surface area (Å²) in [5.74, 6) is 0.399. The van der Waals surface area contributed by atoms with Crippen LogP contribution in [0.15, 0.2) is 23.1 Å². The lowest BCUT2D eigenvalue weighted by Crippen LogP contribution is -2.26. The van der Waals surface area contributed by atoms with Crippen molar-refractivity contribution in [1.82, 2.24) is 15.0 Å². The van der Waals surface area contributed by atoms with E-state index in [2.05, 4.69) is 15.0 Å². The first-order valence-electron chi connectivity index (χ1n) is 6.95. The van der Waals surface area contributed by atoms with Gasteiger partial charge in [-0.15, -0.1) is 0 Å². The van der Waals surface area contributed by atoms with Crippen molar-refractivity contribution >= 4 is 17.4 Å². The fourth-order valence-electron chi connectivity index (χ4n) is 2.56. The molecule has 0 saturated carbocycles. The van der Waals surface area contributed by atoms with Gasteiger partial charge in [0, 0.05) is 30.9 Å². The molecule has 22 heavy (non-hydrogen) atoms. The van der Waals surface area contributed by atoms with Crippen LogP contribution >= 0.6 is 11.6 Å². The van der Waals surface area contributed by atoms with Crippen LogP contribution in [0.3, 0.4) is 0 Å². The number of nitrogens with two attached hydrogens (primary N) is 1. The van der Waals surface area contributed by atoms with Gasteiger partial charge in [0.15, 0.2) is 5.82 Å². The zero-order chi connectivity index (χ0) is 15.7. The predicted molar refractivity (Wildman–Crippen MR) is 82.4 cm³/mol. The predicted octanol–water partition coefficient (Wildman–Crippen LogP) is 1.41. The third-order valence-corrected chi connectivity index (χ3v) is 4.10. The zero-order valence-corrected chi connectivity index (χ0v) is 12.5. The third kappa shape index (κ3) is 2.82. The van der Waals surface area contributed by atoms with E-state index in [4.69, 9.17) is 17.3 Å². The summed E-state index contributed by atoms with van der Waals surface area (Å²) in [6.07, 6.45) is 2.25. The summed E-state index contributed by atoms with van der Waals surface area (Å²) in [5, 5.41) is 0.0379. The van der Waals surface area contributed by atoms with Gasteiger partial charge >= 0.3 is 0 Å². The van der Waals surface area contributed by atoms with Gasteiger partial charge in [-0.25, -0.2) is 9.97 Å². The van der Waals surface area contributed by atoms with Gasteiger partial charge in [0.05, 0.1) is 0 Å². The van der Waals surface area contributed by atoms with Crippen LogP contribution in [0.4, 0.5) is 10.2 Å². The van der Waals surface area contributed by atoms with Crippen molar-refractivity contribution in [3.05, 3.63) is 39.7 Å². The van der Waals surface area contributed by atoms with Crippen LogP contribution in [0.2, 0.25) is 5.02 Å². The topological polar surface area (TPSA) is 87.9 Å². The van der Waals surface area contributed by atoms with E-state index >= 15 is 0 Å². The monoisotopic (exact) mass is 323 g/mol. The Morgan fingerprint density at radius 2 is 2.36 bits per heavy atom. The molecule has 0 aliphatic carbocycles. The minimum Gasteiger partial charge on any atom is -0.355 e. The van der Waals surface area contributed by atoms with Crippen molar-refractivity contribution in [2.24, 2.45) is 11.7 Å². The van der Waals surface area contributed by atoms with E-state index < -0.39 is 11.5 Å². The molecule has 3 heterocycles. The maximum atomic E-state index is 13.2. The summed E-state index contributed by atoms with van der Waals surface area (Å²) >= 11 is 6.09. The summed E-state index contributed by atoms with van der Waals surface area (Å²) in [4.78, 5) is 24.4. The second-order valence-corrected chi connectivity index (χ2v) is 5.63. The molecule has 0 unspecified atom stereocenters. The van der Waals surface area contributed by atoms with Gasteiger partial charge in [0.1, 0.15) is 10.8 Å². The van der Waals surface area contributed by atoms with Crippen LogP contribution in [-0.4, -0.2) is 34.6 Å². The van der Waals surface area contributed by atoms with Crippen LogP contribution in [0.25, 0.3) is 11.4 Å². The van der Waals surface area contributed by atoms with E-state index in [1.54, 1.807) is 6.07 Å². The van der Waals surface area contributed by atoms with E-state index in [0.29, 0.717) is 30.4 Å². The standard InChI is InChI=1S/C14H15ClFN5O/c15-11-13(21-4-2-8(6-17)7-21)19-12(20-14(11)22)9-1-3-18-10(16)5-9/h1,3,5,8H,2,4,6-7,17H2,(H,19,20,22)/t8-/m0/s1. The molecule has 0 radical (unpaired) electrons. The fraction of sp³-hybridized carbons (Fsp3) is 0.357. The highest BCUT2D eigenvalue weighted by Gasteiger charge is 2.25. The summed E-state index contributed by atoms with van der Waals surface area (Å²) in [5.41, 5.74) is 5.68. The Kier molecular flexibility index (Phi) is 4.08. The quantitative estimate of drug-likeness (QED) is 0.834. The Bertz CT molecular complexity index is 750. The first kappa shape index (κ1) is 14.9. The second-order valence-electron chi connectivity index (χ2n) is 5.26. The molecule has 116 valence electrons. The van der Waals surface area contributed by atoms with Crippen molar-refractivity contribution in [3.63, 3.8) is 0 Å². The molecule has 2 aromatic rings. The highest BCUT2D eigenvalue weighted by molar-refractivity contribution is 6.32. The number of H-pyrrole nitrogens is 1. The molecule has 0 bridgehead atoms. The van der Waals surface area contributed by atoms with E-state index in [9.17, 15) is 9.18 Å². The summed E-state index contributed by atoms with van der Waals surface area (Å²) in [6, 6.07) is 2.79. The number of hydrogen-bond acceptors (Lipinski definition) is 5. The van der Waals surface area contributed by atoms with Crippen LogP contribution in [0.5, 0.6) is 0 Å². The van der Waals surface area contributed by atoms with Crippen molar-refractivity contribution in [2.75, 3.05) is 24.5 Å². The van der Waals surface area contributed by atoms with Crippen molar-refractivity contribution in [1.29, 1.82) is 0 Å². The SMILES string of the molecule is NC[C@@H]1CCN(c2nc(-c3ccnc(F)c3)[nH]c(=O)c2Cl)C1. The first-order valence-corrected chi connectivity index (χ1v) is 7.33. The molecule has 0 spiro atoms. The van der Waals surface area contributed by atoms with Gasteiger partial charge in [-0.2, -0.15) is 4.39 Å². The number of aromatic nitrogens is 3. The van der Waals surface area contributed by atoms with Gasteiger partial charge in [-0.3, -0.25) is 4.79 Å². The average Bonchev–Trinajstić information content (AvgIpc) is 2.98. The van der Waals surface area contributed by atoms with E-state index in [-0.39, 0.29) is 10.8 Å². The number of nitrogens with zero attached hydrogens (tertiary/aromatic N) is 3. The molecular formula is C14H15ClFN5O. The molecule has 1 saturated heterocycles. The molecule has 1 aliphatic rings. The van der Waals surface area contributed by atoms with Crippen LogP contribution in [0, 0.1) is 11.9 Å². The Balaban J connectivity index is 2.02. The van der Waals surface area contributed by atoms with Crippen LogP contribution in [0.1, 0.15) is 6.42 Å². The molecule has 0 aromatic carbocycles. The Morgan fingerprint density at radius 1 is 1.55 bits per heavy atom. The minimum absolute atomic E-state index is 0.0379. The first-order chi connectivity index (χ1) is 10.6. The lowest BCUT2D eigenvalue weighted by Gasteiger charge is -2.19. The van der Waals surface area contributed by atoms with E-state index in [1.165, 1.54) is 12.3 Å². The highest BCUT2D eigenvalue weighted by Crippen LogP contribution is 2.27. The van der Waals surface area contributed by atoms with Crippen LogP contribution in [-0.2, 0) is 0 Å². The molecule has 6 nitrogen and oxygen atoms in total. The van der Waals surface area contributed by atoms with Crippen molar-refractivity contribution in [3.8, 4) is 11.4 Å². The molecule has 0 amide bonds. The molecule has 3 rings (SSSR count). The number of anilines is 1. The van der Waals surface area contributed by atoms with E-state index in [0.717, 1.165) is 13.0 Å². The number of aromatic amines is 1. The largest absolute Gasteiger partial charge is 0.355 e. The van der Waals surface area contributed by atoms with Gasteiger partial charge in [0.2, 0.25) is 5.95 Å². The molecule has 1 aliphatic heterocycles. The molecule has 1 atom stereocenters. The van der Waals surface area contributed by atoms with Crippen molar-refractivity contribution < 1.29 is 4.39 Å². The molecule has 2 aromatic heterocycles. The van der Waals surface area contributed by atoms with Gasteiger partial charge < -0.3 is 15.6 Å². The van der Waals surface area contributed by atoms with Gasteiger partial charge in [-0.1, -0.05) is 11.6 Å². The third-order valence-electron chi connectivity index (χ3n) is 3.76. The number of halogens is 2. The van der Waals surface area contributed by atoms with Gasteiger partial charge in [0.25, 0.3) is 5.56 Å². The molecule has 8 heteroatoms. The summed E-state index contributed by atoms with van der Waals surface area (Å²) in [6.45, 7) is 2.03. The lowest BCUT2D eigenvalue weighted by molar-refractivity contribution is 0.584. The van der Waals surface area contributed by atoms with Crippen molar-refractivity contribution in [2.45, 2.75) is 6.42 Å². The second kappa shape index (κ2) is 6.02. The van der Waals surface area contributed by atoms with Gasteiger partial charge in [-0.05, 0) is 24.9 Å². The Hall–Kier alpha value is -1.99. The summed E-state index contributed by atoms with van der Waals surface area (Å²) < 4.78 is 13.2. The maximum absolute atomic E-state index is 13.2. The number of hydrogen-bond donors (Lipinski definition) is 2. The summed E-state index contributed by atoms with van der Waals surface area (Å²) in [7, 11) is 0. The van der Waals surface area contributed by atoms with Crippen LogP contribution < -0.4 is 16.2 Å². The molecule has 1 fully saturated rings. The number of rotatable bonds is 3. The minimum atomic E-state index is -0.638. The highest BCUT2D eigenvalue weighted by atomic mass is 35.5. The molecule has 3 N–H and O–H groups in total. The fourth-order valence-corrected chi connectivity index (χ4v) is 2.77. The smallest absolute Gasteiger partial charge is 0.272 e. The molecular weight excluding hydrogens is 309 g/mol. The van der Waals surface area contributed by atoms with E-state index in [1.807, 2.05) is 4.90 Å². The Morgan fingerprint density at radius 3 is 3.05 bits per heavy atom. The normalized spacial score (nSPS) is 18.0. The number of nitrogens with one attached hydrogen (secondary N) is 1. The lowest BCUT2D eigenvalue weighted by atomic mass is 10.1. The Labute approximate surface area is 131 Å². The maximum Gasteiger partial charge on any atom is 0.272 e. The number of pyridine rings is 1. The average molecular weight is 324 g/mol.